The summed E-state index contributed by atoms with van der Waals surface area (Å²) in [5.74, 6) is 0. The summed E-state index contributed by atoms with van der Waals surface area (Å²) >= 11 is 0. The van der Waals surface area contributed by atoms with Crippen LogP contribution in [0.5, 0.6) is 0 Å². The summed E-state index contributed by atoms with van der Waals surface area (Å²) in [6.07, 6.45) is 0. The zero-order valence-electron chi connectivity index (χ0n) is 34.2. The first-order valence-electron chi connectivity index (χ1n) is 21.3. The van der Waals surface area contributed by atoms with Crippen LogP contribution in [0.15, 0.2) is 218 Å². The predicted molar refractivity (Wildman–Crippen MR) is 259 cm³/mol. The van der Waals surface area contributed by atoms with Crippen LogP contribution in [-0.4, -0.2) is 4.57 Å². The average Bonchev–Trinajstić information content (AvgIpc) is 3.76. The van der Waals surface area contributed by atoms with Gasteiger partial charge in [-0.15, -0.1) is 0 Å². The number of fused-ring (bicyclic) bond motifs is 8. The van der Waals surface area contributed by atoms with Crippen LogP contribution >= 0.6 is 0 Å². The molecule has 1 aromatic heterocycles. The molecule has 1 aliphatic carbocycles. The zero-order valence-corrected chi connectivity index (χ0v) is 34.2. The fraction of sp³-hybridized carbons (Fsp3) is 0.0508. The third kappa shape index (κ3) is 5.64. The molecule has 0 saturated carbocycles. The van der Waals surface area contributed by atoms with Gasteiger partial charge in [0.2, 0.25) is 0 Å². The van der Waals surface area contributed by atoms with E-state index in [1.165, 1.54) is 93.5 Å². The molecule has 0 bridgehead atoms. The van der Waals surface area contributed by atoms with E-state index in [1.807, 2.05) is 0 Å². The molecule has 0 fully saturated rings. The molecule has 0 unspecified atom stereocenters. The molecule has 12 rings (SSSR count). The molecule has 2 heteroatoms. The number of hydrogen-bond donors (Lipinski definition) is 0. The van der Waals surface area contributed by atoms with Crippen molar-refractivity contribution in [3.63, 3.8) is 0 Å². The maximum atomic E-state index is 2.43. The van der Waals surface area contributed by atoms with Gasteiger partial charge < -0.3 is 9.47 Å². The molecule has 0 atom stereocenters. The van der Waals surface area contributed by atoms with Crippen molar-refractivity contribution >= 4 is 60.4 Å². The molecule has 1 heterocycles. The summed E-state index contributed by atoms with van der Waals surface area (Å²) in [4.78, 5) is 2.41. The lowest BCUT2D eigenvalue weighted by Crippen LogP contribution is -2.16. The van der Waals surface area contributed by atoms with Gasteiger partial charge in [-0.2, -0.15) is 0 Å². The fourth-order valence-electron chi connectivity index (χ4n) is 10.1. The highest BCUT2D eigenvalue weighted by atomic mass is 15.1. The first-order valence-corrected chi connectivity index (χ1v) is 21.3. The van der Waals surface area contributed by atoms with E-state index in [0.717, 1.165) is 17.1 Å². The number of nitrogens with zero attached hydrogens (tertiary/aromatic N) is 2. The third-order valence-corrected chi connectivity index (χ3v) is 13.2. The SMILES string of the molecule is CC1(C)c2ccccc2-c2ccc(N(c3ccc(-c4cccc(-c5ccc6c(c5)c5ccccc5n6-c5cccc6ccccc56)c4)cc3)c3ccc4ccccc4c3)cc21. The van der Waals surface area contributed by atoms with Crippen LogP contribution in [-0.2, 0) is 5.41 Å². The van der Waals surface area contributed by atoms with Crippen molar-refractivity contribution in [2.75, 3.05) is 4.90 Å². The van der Waals surface area contributed by atoms with Crippen LogP contribution in [0, 0.1) is 0 Å². The van der Waals surface area contributed by atoms with E-state index in [2.05, 4.69) is 242 Å². The molecule has 10 aromatic carbocycles. The predicted octanol–water partition coefficient (Wildman–Crippen LogP) is 16.2. The summed E-state index contributed by atoms with van der Waals surface area (Å²) in [6.45, 7) is 4.71. The Morgan fingerprint density at radius 1 is 0.344 bits per heavy atom. The van der Waals surface area contributed by atoms with Gasteiger partial charge in [-0.05, 0) is 127 Å². The summed E-state index contributed by atoms with van der Waals surface area (Å²) in [5, 5.41) is 7.46. The second kappa shape index (κ2) is 13.7. The molecule has 0 spiro atoms. The molecule has 0 N–H and O–H groups in total. The maximum Gasteiger partial charge on any atom is 0.0541 e. The van der Waals surface area contributed by atoms with Crippen molar-refractivity contribution < 1.29 is 0 Å². The van der Waals surface area contributed by atoms with Gasteiger partial charge in [0.05, 0.1) is 16.7 Å². The van der Waals surface area contributed by atoms with Crippen molar-refractivity contribution in [3.8, 4) is 39.1 Å². The molecule has 0 saturated heterocycles. The molecule has 0 radical (unpaired) electrons. The zero-order chi connectivity index (χ0) is 40.7. The van der Waals surface area contributed by atoms with Crippen molar-refractivity contribution in [2.24, 2.45) is 0 Å². The maximum absolute atomic E-state index is 2.43. The molecule has 1 aliphatic rings. The van der Waals surface area contributed by atoms with Gasteiger partial charge >= 0.3 is 0 Å². The summed E-state index contributed by atoms with van der Waals surface area (Å²) in [7, 11) is 0. The van der Waals surface area contributed by atoms with Crippen LogP contribution in [0.3, 0.4) is 0 Å². The molecule has 0 amide bonds. The number of benzene rings is 10. The molecule has 11 aromatic rings. The topological polar surface area (TPSA) is 8.17 Å². The quantitative estimate of drug-likeness (QED) is 0.163. The first kappa shape index (κ1) is 35.3. The molecular weight excluding hydrogens is 737 g/mol. The monoisotopic (exact) mass is 778 g/mol. The van der Waals surface area contributed by atoms with Gasteiger partial charge in [0, 0.05) is 38.6 Å². The van der Waals surface area contributed by atoms with Gasteiger partial charge in [0.15, 0.2) is 0 Å². The van der Waals surface area contributed by atoms with Gasteiger partial charge in [-0.3, -0.25) is 0 Å². The van der Waals surface area contributed by atoms with Crippen LogP contribution < -0.4 is 4.90 Å². The van der Waals surface area contributed by atoms with E-state index >= 15 is 0 Å². The van der Waals surface area contributed by atoms with Crippen LogP contribution in [0.25, 0.3) is 82.4 Å². The normalized spacial score (nSPS) is 12.9. The third-order valence-electron chi connectivity index (χ3n) is 13.2. The Kier molecular flexibility index (Phi) is 7.92. The van der Waals surface area contributed by atoms with Crippen LogP contribution in [0.1, 0.15) is 25.0 Å². The Morgan fingerprint density at radius 2 is 0.934 bits per heavy atom. The van der Waals surface area contributed by atoms with E-state index in [4.69, 9.17) is 0 Å². The average molecular weight is 779 g/mol. The van der Waals surface area contributed by atoms with Gasteiger partial charge in [0.1, 0.15) is 0 Å². The summed E-state index contributed by atoms with van der Waals surface area (Å²) in [5.41, 5.74) is 17.1. The Hall–Kier alpha value is -7.68. The highest BCUT2D eigenvalue weighted by molar-refractivity contribution is 6.11. The molecular formula is C59H42N2. The fourth-order valence-corrected chi connectivity index (χ4v) is 10.1. The van der Waals surface area contributed by atoms with E-state index in [1.54, 1.807) is 0 Å². The lowest BCUT2D eigenvalue weighted by atomic mass is 9.82. The highest BCUT2D eigenvalue weighted by Gasteiger charge is 2.35. The van der Waals surface area contributed by atoms with E-state index in [-0.39, 0.29) is 5.41 Å². The Labute approximate surface area is 356 Å². The Balaban J connectivity index is 0.928. The van der Waals surface area contributed by atoms with E-state index in [0.29, 0.717) is 0 Å². The Morgan fingerprint density at radius 3 is 1.80 bits per heavy atom. The second-order valence-corrected chi connectivity index (χ2v) is 17.0. The minimum absolute atomic E-state index is 0.0930. The van der Waals surface area contributed by atoms with Gasteiger partial charge in [-0.25, -0.2) is 0 Å². The number of rotatable bonds is 6. The minimum atomic E-state index is -0.0930. The smallest absolute Gasteiger partial charge is 0.0541 e. The number of hydrogen-bond acceptors (Lipinski definition) is 1. The molecule has 2 nitrogen and oxygen atoms in total. The van der Waals surface area contributed by atoms with Gasteiger partial charge in [0.25, 0.3) is 0 Å². The summed E-state index contributed by atoms with van der Waals surface area (Å²) in [6, 6.07) is 80.4. The Bertz CT molecular complexity index is 3510. The van der Waals surface area contributed by atoms with Crippen molar-refractivity contribution in [1.29, 1.82) is 0 Å². The molecule has 288 valence electrons. The van der Waals surface area contributed by atoms with Crippen LogP contribution in [0.4, 0.5) is 17.1 Å². The molecule has 0 aliphatic heterocycles. The summed E-state index contributed by atoms with van der Waals surface area (Å²) < 4.78 is 2.43. The van der Waals surface area contributed by atoms with Gasteiger partial charge in [-0.1, -0.05) is 166 Å². The number of anilines is 3. The lowest BCUT2D eigenvalue weighted by Gasteiger charge is -2.28. The first-order chi connectivity index (χ1) is 30.0. The van der Waals surface area contributed by atoms with Crippen LogP contribution in [0.2, 0.25) is 0 Å². The number of aromatic nitrogens is 1. The second-order valence-electron chi connectivity index (χ2n) is 17.0. The molecule has 61 heavy (non-hydrogen) atoms. The van der Waals surface area contributed by atoms with E-state index < -0.39 is 0 Å². The van der Waals surface area contributed by atoms with Crippen molar-refractivity contribution in [1.82, 2.24) is 4.57 Å². The minimum Gasteiger partial charge on any atom is -0.310 e. The standard InChI is InChI=1S/C59H42N2/c1-59(2)54-22-9-7-20-50(54)51-33-32-48(38-55(51)59)60(47-31-27-39-13-3-4-15-44(39)36-47)46-29-25-40(26-30-46)42-17-11-18-43(35-42)45-28-34-58-53(37-45)52-21-8-10-23-57(52)61(58)56-24-12-16-41-14-5-6-19-49(41)56/h3-38H,1-2H3. The van der Waals surface area contributed by atoms with Crippen molar-refractivity contribution in [2.45, 2.75) is 19.3 Å². The largest absolute Gasteiger partial charge is 0.310 e. The lowest BCUT2D eigenvalue weighted by molar-refractivity contribution is 0.660. The van der Waals surface area contributed by atoms with E-state index in [9.17, 15) is 0 Å². The highest BCUT2D eigenvalue weighted by Crippen LogP contribution is 2.51. The van der Waals surface area contributed by atoms with Crippen molar-refractivity contribution in [3.05, 3.63) is 230 Å². The number of para-hydroxylation sites is 1.